The standard InChI is InChI=1S/C15H22N2O/c1-12-8-10-17(11-9-12)15(18)16-13(2)14-6-4-3-5-7-14/h3-7,12-13H,8-11H2,1-2H3,(H,16,18). The van der Waals surface area contributed by atoms with Crippen LogP contribution in [0, 0.1) is 5.92 Å². The molecule has 3 nitrogen and oxygen atoms in total. The monoisotopic (exact) mass is 246 g/mol. The van der Waals surface area contributed by atoms with Crippen molar-refractivity contribution < 1.29 is 4.79 Å². The van der Waals surface area contributed by atoms with Gasteiger partial charge in [0.15, 0.2) is 0 Å². The molecule has 1 aliphatic heterocycles. The Bertz CT molecular complexity index is 383. The summed E-state index contributed by atoms with van der Waals surface area (Å²) in [4.78, 5) is 14.0. The molecule has 0 bridgehead atoms. The van der Waals surface area contributed by atoms with Crippen molar-refractivity contribution >= 4 is 6.03 Å². The van der Waals surface area contributed by atoms with E-state index in [4.69, 9.17) is 0 Å². The zero-order chi connectivity index (χ0) is 13.0. The molecule has 1 saturated heterocycles. The number of carbonyl (C=O) groups excluding carboxylic acids is 1. The minimum atomic E-state index is 0.0676. The second kappa shape index (κ2) is 5.89. The average molecular weight is 246 g/mol. The number of benzene rings is 1. The zero-order valence-electron chi connectivity index (χ0n) is 11.2. The van der Waals surface area contributed by atoms with Gasteiger partial charge in [0.2, 0.25) is 0 Å². The second-order valence-corrected chi connectivity index (χ2v) is 5.25. The minimum absolute atomic E-state index is 0.0676. The summed E-state index contributed by atoms with van der Waals surface area (Å²) < 4.78 is 0. The van der Waals surface area contributed by atoms with E-state index in [0.717, 1.165) is 37.4 Å². The molecule has 1 heterocycles. The van der Waals surface area contributed by atoms with E-state index >= 15 is 0 Å². The van der Waals surface area contributed by atoms with E-state index in [-0.39, 0.29) is 12.1 Å². The molecule has 2 rings (SSSR count). The van der Waals surface area contributed by atoms with Crippen LogP contribution in [-0.4, -0.2) is 24.0 Å². The molecule has 0 aliphatic carbocycles. The molecule has 98 valence electrons. The second-order valence-electron chi connectivity index (χ2n) is 5.25. The lowest BCUT2D eigenvalue weighted by Crippen LogP contribution is -2.44. The Morgan fingerprint density at radius 2 is 1.89 bits per heavy atom. The highest BCUT2D eigenvalue weighted by Crippen LogP contribution is 2.17. The first kappa shape index (κ1) is 12.9. The van der Waals surface area contributed by atoms with Gasteiger partial charge in [0, 0.05) is 13.1 Å². The molecular formula is C15H22N2O. The van der Waals surface area contributed by atoms with Crippen LogP contribution in [0.1, 0.15) is 38.3 Å². The molecule has 1 aromatic carbocycles. The summed E-state index contributed by atoms with van der Waals surface area (Å²) in [6, 6.07) is 10.2. The summed E-state index contributed by atoms with van der Waals surface area (Å²) in [7, 11) is 0. The third kappa shape index (κ3) is 3.25. The van der Waals surface area contributed by atoms with Gasteiger partial charge in [0.05, 0.1) is 6.04 Å². The quantitative estimate of drug-likeness (QED) is 0.854. The maximum absolute atomic E-state index is 12.1. The number of hydrogen-bond donors (Lipinski definition) is 1. The predicted octanol–water partition coefficient (Wildman–Crippen LogP) is 3.19. The Hall–Kier alpha value is -1.51. The van der Waals surface area contributed by atoms with Crippen LogP contribution in [0.2, 0.25) is 0 Å². The van der Waals surface area contributed by atoms with Crippen molar-refractivity contribution in [1.82, 2.24) is 10.2 Å². The van der Waals surface area contributed by atoms with Gasteiger partial charge in [0.25, 0.3) is 0 Å². The zero-order valence-corrected chi connectivity index (χ0v) is 11.2. The van der Waals surface area contributed by atoms with E-state index in [1.807, 2.05) is 42.2 Å². The lowest BCUT2D eigenvalue weighted by molar-refractivity contribution is 0.171. The van der Waals surface area contributed by atoms with Gasteiger partial charge in [-0.05, 0) is 31.2 Å². The maximum atomic E-state index is 12.1. The highest BCUT2D eigenvalue weighted by Gasteiger charge is 2.21. The average Bonchev–Trinajstić information content (AvgIpc) is 2.40. The summed E-state index contributed by atoms with van der Waals surface area (Å²) in [5.41, 5.74) is 1.15. The molecule has 1 aliphatic rings. The van der Waals surface area contributed by atoms with Gasteiger partial charge < -0.3 is 10.2 Å². The van der Waals surface area contributed by atoms with E-state index in [1.54, 1.807) is 0 Å². The topological polar surface area (TPSA) is 32.3 Å². The summed E-state index contributed by atoms with van der Waals surface area (Å²) in [6.45, 7) is 6.05. The van der Waals surface area contributed by atoms with Gasteiger partial charge in [0.1, 0.15) is 0 Å². The first-order chi connectivity index (χ1) is 8.66. The summed E-state index contributed by atoms with van der Waals surface area (Å²) in [5, 5.41) is 3.07. The fraction of sp³-hybridized carbons (Fsp3) is 0.533. The van der Waals surface area contributed by atoms with Crippen molar-refractivity contribution in [3.8, 4) is 0 Å². The Morgan fingerprint density at radius 1 is 1.28 bits per heavy atom. The molecule has 1 atom stereocenters. The number of nitrogens with zero attached hydrogens (tertiary/aromatic N) is 1. The van der Waals surface area contributed by atoms with Crippen LogP contribution >= 0.6 is 0 Å². The van der Waals surface area contributed by atoms with Crippen LogP contribution in [0.15, 0.2) is 30.3 Å². The molecular weight excluding hydrogens is 224 g/mol. The number of amides is 2. The van der Waals surface area contributed by atoms with Crippen LogP contribution in [0.25, 0.3) is 0 Å². The number of hydrogen-bond acceptors (Lipinski definition) is 1. The summed E-state index contributed by atoms with van der Waals surface area (Å²) >= 11 is 0. The molecule has 0 saturated carbocycles. The van der Waals surface area contributed by atoms with Gasteiger partial charge in [-0.15, -0.1) is 0 Å². The fourth-order valence-corrected chi connectivity index (χ4v) is 2.31. The number of piperidine rings is 1. The van der Waals surface area contributed by atoms with E-state index in [0.29, 0.717) is 0 Å². The Kier molecular flexibility index (Phi) is 4.24. The first-order valence-corrected chi connectivity index (χ1v) is 6.77. The smallest absolute Gasteiger partial charge is 0.317 e. The predicted molar refractivity (Wildman–Crippen MR) is 73.4 cm³/mol. The van der Waals surface area contributed by atoms with Crippen LogP contribution < -0.4 is 5.32 Å². The fourth-order valence-electron chi connectivity index (χ4n) is 2.31. The third-order valence-electron chi connectivity index (χ3n) is 3.71. The minimum Gasteiger partial charge on any atom is -0.331 e. The van der Waals surface area contributed by atoms with Crippen molar-refractivity contribution in [1.29, 1.82) is 0 Å². The van der Waals surface area contributed by atoms with E-state index < -0.39 is 0 Å². The van der Waals surface area contributed by atoms with Crippen molar-refractivity contribution in [3.63, 3.8) is 0 Å². The highest BCUT2D eigenvalue weighted by atomic mass is 16.2. The number of rotatable bonds is 2. The molecule has 1 unspecified atom stereocenters. The van der Waals surface area contributed by atoms with Crippen molar-refractivity contribution in [3.05, 3.63) is 35.9 Å². The molecule has 1 aromatic rings. The van der Waals surface area contributed by atoms with E-state index in [9.17, 15) is 4.79 Å². The van der Waals surface area contributed by atoms with Crippen molar-refractivity contribution in [2.45, 2.75) is 32.7 Å². The summed E-state index contributed by atoms with van der Waals surface area (Å²) in [6.07, 6.45) is 2.24. The van der Waals surface area contributed by atoms with Crippen LogP contribution in [0.4, 0.5) is 4.79 Å². The molecule has 3 heteroatoms. The van der Waals surface area contributed by atoms with Gasteiger partial charge in [-0.1, -0.05) is 37.3 Å². The van der Waals surface area contributed by atoms with E-state index in [2.05, 4.69) is 12.2 Å². The number of carbonyl (C=O) groups is 1. The molecule has 0 spiro atoms. The van der Waals surface area contributed by atoms with Gasteiger partial charge in [-0.25, -0.2) is 4.79 Å². The van der Waals surface area contributed by atoms with E-state index in [1.165, 1.54) is 0 Å². The third-order valence-corrected chi connectivity index (χ3v) is 3.71. The molecule has 2 amide bonds. The lowest BCUT2D eigenvalue weighted by Gasteiger charge is -2.31. The van der Waals surface area contributed by atoms with Crippen molar-refractivity contribution in [2.24, 2.45) is 5.92 Å². The lowest BCUT2D eigenvalue weighted by atomic mass is 9.99. The first-order valence-electron chi connectivity index (χ1n) is 6.77. The number of urea groups is 1. The SMILES string of the molecule is CC1CCN(C(=O)NC(C)c2ccccc2)CC1. The largest absolute Gasteiger partial charge is 0.331 e. The Balaban J connectivity index is 1.87. The van der Waals surface area contributed by atoms with Crippen molar-refractivity contribution in [2.75, 3.05) is 13.1 Å². The Labute approximate surface area is 109 Å². The maximum Gasteiger partial charge on any atom is 0.317 e. The molecule has 18 heavy (non-hydrogen) atoms. The highest BCUT2D eigenvalue weighted by molar-refractivity contribution is 5.74. The number of nitrogens with one attached hydrogen (secondary N) is 1. The molecule has 1 fully saturated rings. The molecule has 0 aromatic heterocycles. The molecule has 1 N–H and O–H groups in total. The van der Waals surface area contributed by atoms with Crippen LogP contribution in [-0.2, 0) is 0 Å². The van der Waals surface area contributed by atoms with Crippen LogP contribution in [0.5, 0.6) is 0 Å². The van der Waals surface area contributed by atoms with Gasteiger partial charge in [-0.3, -0.25) is 0 Å². The number of likely N-dealkylation sites (tertiary alicyclic amines) is 1. The Morgan fingerprint density at radius 3 is 2.50 bits per heavy atom. The van der Waals surface area contributed by atoms with Gasteiger partial charge in [-0.2, -0.15) is 0 Å². The summed E-state index contributed by atoms with van der Waals surface area (Å²) in [5.74, 6) is 0.751. The van der Waals surface area contributed by atoms with Crippen LogP contribution in [0.3, 0.4) is 0 Å². The van der Waals surface area contributed by atoms with Gasteiger partial charge >= 0.3 is 6.03 Å². The normalized spacial score (nSPS) is 18.4. The molecule has 0 radical (unpaired) electrons.